The van der Waals surface area contributed by atoms with Gasteiger partial charge in [0.25, 0.3) is 0 Å². The van der Waals surface area contributed by atoms with Gasteiger partial charge in [0, 0.05) is 19.0 Å². The Hall–Kier alpha value is -1.59. The number of carbonyl (C=O) groups is 1. The molecule has 2 heterocycles. The molecule has 1 fully saturated rings. The van der Waals surface area contributed by atoms with Gasteiger partial charge in [0.2, 0.25) is 5.91 Å². The van der Waals surface area contributed by atoms with Crippen molar-refractivity contribution in [3.63, 3.8) is 0 Å². The zero-order valence-electron chi connectivity index (χ0n) is 11.4. The molecule has 3 rings (SSSR count). The molecule has 2 atom stereocenters. The third-order valence-corrected chi connectivity index (χ3v) is 3.84. The smallest absolute Gasteiger partial charge is 0.239 e. The Morgan fingerprint density at radius 1 is 1.35 bits per heavy atom. The van der Waals surface area contributed by atoms with Crippen LogP contribution in [-0.4, -0.2) is 44.9 Å². The number of hydrogen-bond donors (Lipinski definition) is 2. The van der Waals surface area contributed by atoms with Crippen molar-refractivity contribution in [2.45, 2.75) is 18.4 Å². The molecule has 1 saturated heterocycles. The molecule has 0 radical (unpaired) electrons. The predicted molar refractivity (Wildman–Crippen MR) is 74.9 cm³/mol. The first-order valence-electron chi connectivity index (χ1n) is 7.15. The van der Waals surface area contributed by atoms with E-state index in [1.165, 1.54) is 5.56 Å². The molecule has 0 aliphatic carbocycles. The lowest BCUT2D eigenvalue weighted by Gasteiger charge is -2.27. The highest BCUT2D eigenvalue weighted by atomic mass is 16.5. The zero-order valence-corrected chi connectivity index (χ0v) is 11.4. The number of para-hydroxylation sites is 1. The molecule has 0 saturated carbocycles. The molecule has 0 aromatic heterocycles. The summed E-state index contributed by atoms with van der Waals surface area (Å²) in [5.41, 5.74) is 1.19. The summed E-state index contributed by atoms with van der Waals surface area (Å²) in [6.07, 6.45) is 0.936. The van der Waals surface area contributed by atoms with Crippen LogP contribution in [0.5, 0.6) is 5.75 Å². The molecule has 2 unspecified atom stereocenters. The maximum absolute atomic E-state index is 12.1. The molecule has 20 heavy (non-hydrogen) atoms. The fourth-order valence-corrected chi connectivity index (χ4v) is 2.71. The van der Waals surface area contributed by atoms with Gasteiger partial charge < -0.3 is 20.1 Å². The molecule has 2 N–H and O–H groups in total. The molecule has 5 heteroatoms. The standard InChI is InChI=1S/C15H20N2O3/c18-15(13-10-19-8-6-16-13)17-9-11-5-7-20-14-4-2-1-3-12(11)14/h1-4,11,13,16H,5-10H2,(H,17,18). The molecule has 2 aliphatic heterocycles. The quantitative estimate of drug-likeness (QED) is 0.851. The highest BCUT2D eigenvalue weighted by Gasteiger charge is 2.24. The largest absolute Gasteiger partial charge is 0.493 e. The number of morpholine rings is 1. The normalized spacial score (nSPS) is 25.4. The highest BCUT2D eigenvalue weighted by Crippen LogP contribution is 2.32. The summed E-state index contributed by atoms with van der Waals surface area (Å²) < 4.78 is 10.9. The van der Waals surface area contributed by atoms with E-state index in [9.17, 15) is 4.79 Å². The molecule has 1 amide bonds. The van der Waals surface area contributed by atoms with E-state index in [2.05, 4.69) is 16.7 Å². The molecular weight excluding hydrogens is 256 g/mol. The highest BCUT2D eigenvalue weighted by molar-refractivity contribution is 5.82. The van der Waals surface area contributed by atoms with Gasteiger partial charge in [-0.1, -0.05) is 18.2 Å². The number of benzene rings is 1. The Morgan fingerprint density at radius 3 is 3.10 bits per heavy atom. The lowest BCUT2D eigenvalue weighted by molar-refractivity contribution is -0.126. The topological polar surface area (TPSA) is 59.6 Å². The maximum Gasteiger partial charge on any atom is 0.239 e. The number of hydrogen-bond acceptors (Lipinski definition) is 4. The van der Waals surface area contributed by atoms with E-state index < -0.39 is 0 Å². The maximum atomic E-state index is 12.1. The van der Waals surface area contributed by atoms with Gasteiger partial charge in [-0.05, 0) is 18.1 Å². The minimum atomic E-state index is -0.223. The molecule has 1 aromatic rings. The van der Waals surface area contributed by atoms with Gasteiger partial charge in [-0.15, -0.1) is 0 Å². The first kappa shape index (κ1) is 13.4. The number of amides is 1. The van der Waals surface area contributed by atoms with Crippen molar-refractivity contribution >= 4 is 5.91 Å². The van der Waals surface area contributed by atoms with E-state index in [0.717, 1.165) is 18.7 Å². The van der Waals surface area contributed by atoms with Crippen LogP contribution in [0.4, 0.5) is 0 Å². The summed E-state index contributed by atoms with van der Waals surface area (Å²) in [5.74, 6) is 1.29. The molecule has 1 aromatic carbocycles. The van der Waals surface area contributed by atoms with Gasteiger partial charge in [0.05, 0.1) is 19.8 Å². The van der Waals surface area contributed by atoms with Crippen molar-refractivity contribution in [1.29, 1.82) is 0 Å². The second kappa shape index (κ2) is 6.24. The summed E-state index contributed by atoms with van der Waals surface area (Å²) in [6, 6.07) is 7.83. The summed E-state index contributed by atoms with van der Waals surface area (Å²) in [4.78, 5) is 12.1. The number of fused-ring (bicyclic) bond motifs is 1. The van der Waals surface area contributed by atoms with Gasteiger partial charge in [0.1, 0.15) is 11.8 Å². The number of ether oxygens (including phenoxy) is 2. The molecular formula is C15H20N2O3. The van der Waals surface area contributed by atoms with E-state index in [-0.39, 0.29) is 11.9 Å². The fraction of sp³-hybridized carbons (Fsp3) is 0.533. The SMILES string of the molecule is O=C(NCC1CCOc2ccccc21)C1COCCN1. The van der Waals surface area contributed by atoms with Crippen LogP contribution in [0.3, 0.4) is 0 Å². The van der Waals surface area contributed by atoms with Gasteiger partial charge in [-0.2, -0.15) is 0 Å². The van der Waals surface area contributed by atoms with E-state index in [1.807, 2.05) is 18.2 Å². The second-order valence-electron chi connectivity index (χ2n) is 5.20. The van der Waals surface area contributed by atoms with Crippen LogP contribution in [0.2, 0.25) is 0 Å². The van der Waals surface area contributed by atoms with Crippen LogP contribution in [0.15, 0.2) is 24.3 Å². The Bertz CT molecular complexity index is 472. The predicted octanol–water partition coefficient (Wildman–Crippen LogP) is 0.657. The van der Waals surface area contributed by atoms with Gasteiger partial charge in [-0.25, -0.2) is 0 Å². The first-order chi connectivity index (χ1) is 9.84. The van der Waals surface area contributed by atoms with Crippen LogP contribution in [0, 0.1) is 0 Å². The van der Waals surface area contributed by atoms with Crippen molar-refractivity contribution in [2.24, 2.45) is 0 Å². The number of rotatable bonds is 3. The van der Waals surface area contributed by atoms with Crippen LogP contribution in [-0.2, 0) is 9.53 Å². The van der Waals surface area contributed by atoms with Gasteiger partial charge in [0.15, 0.2) is 0 Å². The molecule has 0 bridgehead atoms. The second-order valence-corrected chi connectivity index (χ2v) is 5.20. The van der Waals surface area contributed by atoms with Gasteiger partial charge >= 0.3 is 0 Å². The van der Waals surface area contributed by atoms with Crippen LogP contribution in [0.1, 0.15) is 17.9 Å². The lowest BCUT2D eigenvalue weighted by Crippen LogP contribution is -2.51. The Morgan fingerprint density at radius 2 is 2.25 bits per heavy atom. The van der Waals surface area contributed by atoms with E-state index in [0.29, 0.717) is 32.3 Å². The minimum absolute atomic E-state index is 0.0219. The van der Waals surface area contributed by atoms with Crippen LogP contribution >= 0.6 is 0 Å². The average Bonchev–Trinajstić information content (AvgIpc) is 2.53. The summed E-state index contributed by atoms with van der Waals surface area (Å²) in [6.45, 7) is 3.23. The van der Waals surface area contributed by atoms with Crippen LogP contribution in [0.25, 0.3) is 0 Å². The summed E-state index contributed by atoms with van der Waals surface area (Å²) in [5, 5.41) is 6.19. The van der Waals surface area contributed by atoms with Gasteiger partial charge in [-0.3, -0.25) is 4.79 Å². The lowest BCUT2D eigenvalue weighted by atomic mass is 9.93. The van der Waals surface area contributed by atoms with Crippen molar-refractivity contribution in [1.82, 2.24) is 10.6 Å². The third-order valence-electron chi connectivity index (χ3n) is 3.84. The Balaban J connectivity index is 1.57. The van der Waals surface area contributed by atoms with Crippen LogP contribution < -0.4 is 15.4 Å². The van der Waals surface area contributed by atoms with E-state index in [1.54, 1.807) is 0 Å². The Kier molecular flexibility index (Phi) is 4.18. The fourth-order valence-electron chi connectivity index (χ4n) is 2.71. The first-order valence-corrected chi connectivity index (χ1v) is 7.15. The summed E-state index contributed by atoms with van der Waals surface area (Å²) >= 11 is 0. The van der Waals surface area contributed by atoms with E-state index >= 15 is 0 Å². The molecule has 0 spiro atoms. The number of carbonyl (C=O) groups excluding carboxylic acids is 1. The van der Waals surface area contributed by atoms with Crippen molar-refractivity contribution in [3.8, 4) is 5.75 Å². The van der Waals surface area contributed by atoms with Crippen molar-refractivity contribution < 1.29 is 14.3 Å². The molecule has 108 valence electrons. The minimum Gasteiger partial charge on any atom is -0.493 e. The van der Waals surface area contributed by atoms with Crippen molar-refractivity contribution in [2.75, 3.05) is 32.9 Å². The molecule has 5 nitrogen and oxygen atoms in total. The zero-order chi connectivity index (χ0) is 13.8. The Labute approximate surface area is 118 Å². The number of nitrogens with one attached hydrogen (secondary N) is 2. The molecule has 2 aliphatic rings. The van der Waals surface area contributed by atoms with Crippen molar-refractivity contribution in [3.05, 3.63) is 29.8 Å². The average molecular weight is 276 g/mol. The monoisotopic (exact) mass is 276 g/mol. The third kappa shape index (κ3) is 2.94. The van der Waals surface area contributed by atoms with E-state index in [4.69, 9.17) is 9.47 Å². The summed E-state index contributed by atoms with van der Waals surface area (Å²) in [7, 11) is 0.